The lowest BCUT2D eigenvalue weighted by molar-refractivity contribution is -0.140. The van der Waals surface area contributed by atoms with Crippen LogP contribution in [-0.4, -0.2) is 18.4 Å². The van der Waals surface area contributed by atoms with Crippen molar-refractivity contribution in [3.05, 3.63) is 12.2 Å². The minimum absolute atomic E-state index is 0. The van der Waals surface area contributed by atoms with Crippen molar-refractivity contribution < 1.29 is 9.53 Å². The number of nitrogens with two attached hydrogens (primary N) is 3. The van der Waals surface area contributed by atoms with Gasteiger partial charge < -0.3 is 4.74 Å². The van der Waals surface area contributed by atoms with Crippen molar-refractivity contribution >= 4 is 18.4 Å². The molecular formula is C6H14ClN3O2. The fraction of sp³-hybridized carbons (Fsp3) is 0.500. The van der Waals surface area contributed by atoms with Crippen molar-refractivity contribution in [1.29, 1.82) is 0 Å². The van der Waals surface area contributed by atoms with Gasteiger partial charge in [-0.3, -0.25) is 17.2 Å². The third-order valence-electron chi connectivity index (χ3n) is 0.802. The van der Waals surface area contributed by atoms with Crippen LogP contribution >= 0.6 is 12.4 Å². The second kappa shape index (κ2) is 5.10. The topological polar surface area (TPSA) is 104 Å². The van der Waals surface area contributed by atoms with E-state index in [2.05, 4.69) is 11.3 Å². The normalized spacial score (nSPS) is 10.0. The van der Waals surface area contributed by atoms with Crippen LogP contribution in [-0.2, 0) is 9.53 Å². The number of hydrogen-bond donors (Lipinski definition) is 3. The summed E-state index contributed by atoms with van der Waals surface area (Å²) in [5, 5.41) is 0. The van der Waals surface area contributed by atoms with E-state index < -0.39 is 11.8 Å². The van der Waals surface area contributed by atoms with Gasteiger partial charge in [0.25, 0.3) is 0 Å². The molecule has 5 nitrogen and oxygen atoms in total. The number of ether oxygens (including phenoxy) is 1. The van der Waals surface area contributed by atoms with Crippen LogP contribution in [0, 0.1) is 0 Å². The fourth-order valence-electron chi connectivity index (χ4n) is 0.314. The molecule has 0 saturated heterocycles. The zero-order valence-electron chi connectivity index (χ0n) is 6.87. The van der Waals surface area contributed by atoms with Crippen LogP contribution in [0.2, 0.25) is 0 Å². The zero-order valence-corrected chi connectivity index (χ0v) is 7.69. The fourth-order valence-corrected chi connectivity index (χ4v) is 0.314. The van der Waals surface area contributed by atoms with Crippen molar-refractivity contribution in [3.8, 4) is 0 Å². The van der Waals surface area contributed by atoms with E-state index in [1.165, 1.54) is 6.92 Å². The summed E-state index contributed by atoms with van der Waals surface area (Å²) in [5.74, 6) is -2.01. The highest BCUT2D eigenvalue weighted by molar-refractivity contribution is 5.86. The minimum Gasteiger partial charge on any atom is -0.457 e. The van der Waals surface area contributed by atoms with Gasteiger partial charge in [0.05, 0.1) is 0 Å². The van der Waals surface area contributed by atoms with Crippen molar-refractivity contribution in [2.75, 3.05) is 6.61 Å². The van der Waals surface area contributed by atoms with E-state index in [1.54, 1.807) is 0 Å². The molecule has 0 fully saturated rings. The van der Waals surface area contributed by atoms with Gasteiger partial charge in [0.2, 0.25) is 0 Å². The maximum atomic E-state index is 10.7. The molecule has 0 radical (unpaired) electrons. The SMILES string of the molecule is C=C(C)C(=O)OCC(N)(N)N.Cl. The van der Waals surface area contributed by atoms with Gasteiger partial charge in [-0.05, 0) is 6.92 Å². The summed E-state index contributed by atoms with van der Waals surface area (Å²) in [5.41, 5.74) is 15.7. The molecule has 0 aromatic rings. The molecule has 0 aliphatic carbocycles. The van der Waals surface area contributed by atoms with Gasteiger partial charge in [-0.15, -0.1) is 12.4 Å². The highest BCUT2D eigenvalue weighted by atomic mass is 35.5. The Morgan fingerprint density at radius 3 is 2.17 bits per heavy atom. The maximum absolute atomic E-state index is 10.7. The van der Waals surface area contributed by atoms with Crippen LogP contribution < -0.4 is 17.2 Å². The van der Waals surface area contributed by atoms with E-state index in [0.717, 1.165) is 0 Å². The molecule has 12 heavy (non-hydrogen) atoms. The first-order chi connectivity index (χ1) is 4.83. The van der Waals surface area contributed by atoms with Crippen LogP contribution in [0.3, 0.4) is 0 Å². The number of carbonyl (C=O) groups excluding carboxylic acids is 1. The molecule has 0 spiro atoms. The number of hydrogen-bond acceptors (Lipinski definition) is 5. The van der Waals surface area contributed by atoms with E-state index in [4.69, 9.17) is 17.2 Å². The summed E-state index contributed by atoms with van der Waals surface area (Å²) in [6.07, 6.45) is 0. The van der Waals surface area contributed by atoms with Crippen LogP contribution in [0.25, 0.3) is 0 Å². The molecule has 0 heterocycles. The molecule has 0 rings (SSSR count). The molecule has 0 aliphatic heterocycles. The summed E-state index contributed by atoms with van der Waals surface area (Å²) in [4.78, 5) is 10.7. The first-order valence-electron chi connectivity index (χ1n) is 3.02. The molecule has 0 amide bonds. The van der Waals surface area contributed by atoms with Crippen molar-refractivity contribution in [2.45, 2.75) is 12.7 Å². The summed E-state index contributed by atoms with van der Waals surface area (Å²) >= 11 is 0. The molecule has 0 bridgehead atoms. The lowest BCUT2D eigenvalue weighted by Gasteiger charge is -2.17. The molecule has 0 unspecified atom stereocenters. The molecule has 6 N–H and O–H groups in total. The van der Waals surface area contributed by atoms with Gasteiger partial charge in [-0.2, -0.15) is 0 Å². The Morgan fingerprint density at radius 2 is 1.92 bits per heavy atom. The van der Waals surface area contributed by atoms with Crippen LogP contribution in [0.5, 0.6) is 0 Å². The predicted molar refractivity (Wildman–Crippen MR) is 48.3 cm³/mol. The third kappa shape index (κ3) is 7.49. The second-order valence-electron chi connectivity index (χ2n) is 2.47. The molecular weight excluding hydrogens is 182 g/mol. The largest absolute Gasteiger partial charge is 0.457 e. The van der Waals surface area contributed by atoms with E-state index in [9.17, 15) is 4.79 Å². The van der Waals surface area contributed by atoms with Gasteiger partial charge in [0, 0.05) is 5.57 Å². The van der Waals surface area contributed by atoms with Gasteiger partial charge in [-0.1, -0.05) is 6.58 Å². The summed E-state index contributed by atoms with van der Waals surface area (Å²) in [6, 6.07) is 0. The summed E-state index contributed by atoms with van der Waals surface area (Å²) < 4.78 is 4.55. The Bertz CT molecular complexity index is 176. The molecule has 0 saturated carbocycles. The lowest BCUT2D eigenvalue weighted by atomic mass is 10.3. The van der Waals surface area contributed by atoms with Gasteiger partial charge in [-0.25, -0.2) is 4.79 Å². The molecule has 0 aromatic heterocycles. The molecule has 72 valence electrons. The third-order valence-corrected chi connectivity index (χ3v) is 0.802. The van der Waals surface area contributed by atoms with Gasteiger partial charge in [0.15, 0.2) is 5.79 Å². The van der Waals surface area contributed by atoms with Crippen LogP contribution in [0.1, 0.15) is 6.92 Å². The first-order valence-corrected chi connectivity index (χ1v) is 3.02. The Morgan fingerprint density at radius 1 is 1.50 bits per heavy atom. The number of carbonyl (C=O) groups is 1. The van der Waals surface area contributed by atoms with Crippen molar-refractivity contribution in [1.82, 2.24) is 0 Å². The zero-order chi connectivity index (χ0) is 9.07. The van der Waals surface area contributed by atoms with Crippen molar-refractivity contribution in [2.24, 2.45) is 17.2 Å². The van der Waals surface area contributed by atoms with E-state index in [-0.39, 0.29) is 24.6 Å². The minimum atomic E-state index is -1.47. The Labute approximate surface area is 77.3 Å². The van der Waals surface area contributed by atoms with Gasteiger partial charge in [0.1, 0.15) is 6.61 Å². The molecule has 0 aliphatic rings. The first kappa shape index (κ1) is 13.9. The standard InChI is InChI=1S/C6H13N3O2.ClH/c1-4(2)5(10)11-3-6(7,8)9;/h1,3,7-9H2,2H3;1H. The smallest absolute Gasteiger partial charge is 0.333 e. The van der Waals surface area contributed by atoms with Crippen LogP contribution in [0.15, 0.2) is 12.2 Å². The highest BCUT2D eigenvalue weighted by Gasteiger charge is 2.14. The predicted octanol–water partition coefficient (Wildman–Crippen LogP) is -0.943. The average molecular weight is 196 g/mol. The number of esters is 1. The second-order valence-corrected chi connectivity index (χ2v) is 2.47. The Hall–Kier alpha value is -0.620. The molecule has 0 aromatic carbocycles. The highest BCUT2D eigenvalue weighted by Crippen LogP contribution is 1.92. The van der Waals surface area contributed by atoms with E-state index in [0.29, 0.717) is 0 Å². The monoisotopic (exact) mass is 195 g/mol. The average Bonchev–Trinajstić information content (AvgIpc) is 1.80. The van der Waals surface area contributed by atoms with E-state index in [1.807, 2.05) is 0 Å². The van der Waals surface area contributed by atoms with Crippen LogP contribution in [0.4, 0.5) is 0 Å². The number of rotatable bonds is 3. The Kier molecular flexibility index (Phi) is 5.92. The number of halogens is 1. The summed E-state index contributed by atoms with van der Waals surface area (Å²) in [7, 11) is 0. The molecule has 0 atom stereocenters. The Balaban J connectivity index is 0. The molecule has 6 heteroatoms. The van der Waals surface area contributed by atoms with Crippen molar-refractivity contribution in [3.63, 3.8) is 0 Å². The van der Waals surface area contributed by atoms with E-state index >= 15 is 0 Å². The summed E-state index contributed by atoms with van der Waals surface area (Å²) in [6.45, 7) is 4.66. The van der Waals surface area contributed by atoms with Gasteiger partial charge >= 0.3 is 5.97 Å². The quantitative estimate of drug-likeness (QED) is 0.306. The lowest BCUT2D eigenvalue weighted by Crippen LogP contribution is -2.61. The maximum Gasteiger partial charge on any atom is 0.333 e.